The van der Waals surface area contributed by atoms with Crippen molar-refractivity contribution in [3.63, 3.8) is 0 Å². The van der Waals surface area contributed by atoms with E-state index >= 15 is 0 Å². The topological polar surface area (TPSA) is 79.5 Å². The molecule has 2 amide bonds. The van der Waals surface area contributed by atoms with Crippen LogP contribution in [0.5, 0.6) is 5.75 Å². The van der Waals surface area contributed by atoms with Crippen molar-refractivity contribution in [2.75, 3.05) is 32.6 Å². The fourth-order valence-electron chi connectivity index (χ4n) is 1.63. The fraction of sp³-hybridized carbons (Fsp3) is 0.429. The molecule has 124 valence electrons. The average Bonchev–Trinajstić information content (AvgIpc) is 2.45. The Balaban J connectivity index is 0.00000441. The summed E-state index contributed by atoms with van der Waals surface area (Å²) in [5, 5.41) is 8.77. The van der Waals surface area contributed by atoms with Crippen molar-refractivity contribution < 1.29 is 14.3 Å². The van der Waals surface area contributed by atoms with E-state index in [1.54, 1.807) is 25.2 Å². The normalized spacial score (nSPS) is 9.59. The van der Waals surface area contributed by atoms with E-state index in [0.29, 0.717) is 29.4 Å². The minimum atomic E-state index is -0.218. The van der Waals surface area contributed by atoms with Crippen LogP contribution in [0.1, 0.15) is 12.8 Å². The molecule has 0 radical (unpaired) electrons. The van der Waals surface area contributed by atoms with Gasteiger partial charge in [0.05, 0.1) is 12.8 Å². The van der Waals surface area contributed by atoms with E-state index in [1.165, 1.54) is 7.11 Å². The first-order valence-corrected chi connectivity index (χ1v) is 6.99. The summed E-state index contributed by atoms with van der Waals surface area (Å²) in [4.78, 5) is 23.2. The number of carbonyl (C=O) groups excluding carboxylic acids is 2. The summed E-state index contributed by atoms with van der Waals surface area (Å²) in [6.07, 6.45) is 0.571. The summed E-state index contributed by atoms with van der Waals surface area (Å²) >= 11 is 5.88. The second-order valence-electron chi connectivity index (χ2n) is 4.35. The van der Waals surface area contributed by atoms with Gasteiger partial charge in [-0.05, 0) is 25.2 Å². The molecule has 1 rings (SSSR count). The van der Waals surface area contributed by atoms with Crippen molar-refractivity contribution >= 4 is 41.5 Å². The lowest BCUT2D eigenvalue weighted by Crippen LogP contribution is -2.29. The van der Waals surface area contributed by atoms with E-state index in [0.717, 1.165) is 0 Å². The fourth-order valence-corrected chi connectivity index (χ4v) is 1.81. The van der Waals surface area contributed by atoms with Crippen LogP contribution in [-0.2, 0) is 9.59 Å². The molecule has 0 saturated carbocycles. The van der Waals surface area contributed by atoms with Gasteiger partial charge in [0.15, 0.2) is 0 Å². The van der Waals surface area contributed by atoms with Crippen molar-refractivity contribution in [3.05, 3.63) is 23.2 Å². The summed E-state index contributed by atoms with van der Waals surface area (Å²) in [5.74, 6) is 0.229. The van der Waals surface area contributed by atoms with Gasteiger partial charge in [0.1, 0.15) is 5.75 Å². The van der Waals surface area contributed by atoms with Gasteiger partial charge in [-0.3, -0.25) is 9.59 Å². The number of carbonyl (C=O) groups is 2. The molecule has 6 nitrogen and oxygen atoms in total. The number of ether oxygens (including phenoxy) is 1. The van der Waals surface area contributed by atoms with Crippen molar-refractivity contribution in [2.24, 2.45) is 0 Å². The van der Waals surface area contributed by atoms with Crippen LogP contribution in [0, 0.1) is 0 Å². The molecule has 0 aliphatic carbocycles. The van der Waals surface area contributed by atoms with Gasteiger partial charge in [-0.25, -0.2) is 0 Å². The average molecular weight is 350 g/mol. The zero-order valence-electron chi connectivity index (χ0n) is 12.6. The van der Waals surface area contributed by atoms with E-state index < -0.39 is 0 Å². The van der Waals surface area contributed by atoms with Gasteiger partial charge < -0.3 is 20.7 Å². The van der Waals surface area contributed by atoms with Crippen LogP contribution in [0.25, 0.3) is 0 Å². The third-order valence-corrected chi connectivity index (χ3v) is 2.95. The van der Waals surface area contributed by atoms with Crippen LogP contribution < -0.4 is 20.7 Å². The second kappa shape index (κ2) is 11.1. The SMILES string of the molecule is CNCCC(=O)NCCC(=O)Nc1cc(Cl)ccc1OC.Cl. The maximum atomic E-state index is 11.8. The molecule has 0 saturated heterocycles. The van der Waals surface area contributed by atoms with Crippen LogP contribution in [-0.4, -0.2) is 39.1 Å². The number of hydrogen-bond donors (Lipinski definition) is 3. The van der Waals surface area contributed by atoms with E-state index in [9.17, 15) is 9.59 Å². The van der Waals surface area contributed by atoms with Crippen molar-refractivity contribution in [1.29, 1.82) is 0 Å². The molecule has 0 aliphatic heterocycles. The molecule has 0 fully saturated rings. The van der Waals surface area contributed by atoms with Crippen LogP contribution in [0.2, 0.25) is 5.02 Å². The molecule has 0 bridgehead atoms. The number of nitrogens with one attached hydrogen (secondary N) is 3. The standard InChI is InChI=1S/C14H20ClN3O3.ClH/c1-16-7-5-13(19)17-8-6-14(20)18-11-9-10(15)3-4-12(11)21-2;/h3-4,9,16H,5-8H2,1-2H3,(H,17,19)(H,18,20);1H. The highest BCUT2D eigenvalue weighted by molar-refractivity contribution is 6.31. The number of benzene rings is 1. The van der Waals surface area contributed by atoms with Crippen molar-refractivity contribution in [2.45, 2.75) is 12.8 Å². The number of halogens is 2. The Morgan fingerprint density at radius 2 is 1.86 bits per heavy atom. The Morgan fingerprint density at radius 1 is 1.18 bits per heavy atom. The molecule has 1 aromatic carbocycles. The summed E-state index contributed by atoms with van der Waals surface area (Å²) in [7, 11) is 3.29. The lowest BCUT2D eigenvalue weighted by molar-refractivity contribution is -0.121. The first kappa shape index (κ1) is 20.5. The van der Waals surface area contributed by atoms with E-state index in [2.05, 4.69) is 16.0 Å². The lowest BCUT2D eigenvalue weighted by atomic mass is 10.2. The van der Waals surface area contributed by atoms with Gasteiger partial charge in [-0.15, -0.1) is 12.4 Å². The smallest absolute Gasteiger partial charge is 0.226 e. The second-order valence-corrected chi connectivity index (χ2v) is 4.78. The van der Waals surface area contributed by atoms with Crippen molar-refractivity contribution in [3.8, 4) is 5.75 Å². The first-order chi connectivity index (χ1) is 10.1. The third kappa shape index (κ3) is 7.49. The van der Waals surface area contributed by atoms with Crippen molar-refractivity contribution in [1.82, 2.24) is 10.6 Å². The summed E-state index contributed by atoms with van der Waals surface area (Å²) < 4.78 is 5.14. The Kier molecular flexibility index (Phi) is 10.4. The number of rotatable bonds is 8. The molecule has 1 aromatic rings. The third-order valence-electron chi connectivity index (χ3n) is 2.71. The molecule has 0 aliphatic rings. The molecule has 0 unspecified atom stereocenters. The van der Waals surface area contributed by atoms with Gasteiger partial charge in [-0.2, -0.15) is 0 Å². The van der Waals surface area contributed by atoms with Gasteiger partial charge in [0, 0.05) is 31.0 Å². The Morgan fingerprint density at radius 3 is 2.50 bits per heavy atom. The zero-order chi connectivity index (χ0) is 15.7. The molecule has 0 spiro atoms. The number of anilines is 1. The molecule has 22 heavy (non-hydrogen) atoms. The summed E-state index contributed by atoms with van der Waals surface area (Å²) in [6, 6.07) is 4.97. The summed E-state index contributed by atoms with van der Waals surface area (Å²) in [5.41, 5.74) is 0.511. The van der Waals surface area contributed by atoms with Gasteiger partial charge in [0.25, 0.3) is 0 Å². The molecular weight excluding hydrogens is 329 g/mol. The van der Waals surface area contributed by atoms with E-state index in [1.807, 2.05) is 0 Å². The lowest BCUT2D eigenvalue weighted by Gasteiger charge is -2.11. The van der Waals surface area contributed by atoms with Crippen LogP contribution in [0.3, 0.4) is 0 Å². The molecule has 3 N–H and O–H groups in total. The molecule has 0 heterocycles. The number of methoxy groups -OCH3 is 1. The van der Waals surface area contributed by atoms with Crippen LogP contribution in [0.4, 0.5) is 5.69 Å². The monoisotopic (exact) mass is 349 g/mol. The Bertz CT molecular complexity index is 498. The van der Waals surface area contributed by atoms with Crippen LogP contribution in [0.15, 0.2) is 18.2 Å². The highest BCUT2D eigenvalue weighted by Crippen LogP contribution is 2.27. The van der Waals surface area contributed by atoms with Gasteiger partial charge in [-0.1, -0.05) is 11.6 Å². The Labute approximate surface area is 141 Å². The molecule has 8 heteroatoms. The maximum absolute atomic E-state index is 11.8. The van der Waals surface area contributed by atoms with Gasteiger partial charge >= 0.3 is 0 Å². The molecular formula is C14H21Cl2N3O3. The highest BCUT2D eigenvalue weighted by atomic mass is 35.5. The molecule has 0 aromatic heterocycles. The predicted octanol–water partition coefficient (Wildman–Crippen LogP) is 1.82. The number of amides is 2. The van der Waals surface area contributed by atoms with Crippen LogP contribution >= 0.6 is 24.0 Å². The summed E-state index contributed by atoms with van der Waals surface area (Å²) in [6.45, 7) is 0.898. The largest absolute Gasteiger partial charge is 0.495 e. The van der Waals surface area contributed by atoms with E-state index in [4.69, 9.17) is 16.3 Å². The van der Waals surface area contributed by atoms with E-state index in [-0.39, 0.29) is 37.2 Å². The van der Waals surface area contributed by atoms with Gasteiger partial charge in [0.2, 0.25) is 11.8 Å². The predicted molar refractivity (Wildman–Crippen MR) is 90.1 cm³/mol. The molecule has 0 atom stereocenters. The maximum Gasteiger partial charge on any atom is 0.226 e. The zero-order valence-corrected chi connectivity index (χ0v) is 14.1. The number of hydrogen-bond acceptors (Lipinski definition) is 4. The first-order valence-electron chi connectivity index (χ1n) is 6.61. The minimum Gasteiger partial charge on any atom is -0.495 e. The quantitative estimate of drug-likeness (QED) is 0.668. The minimum absolute atomic E-state index is 0. The highest BCUT2D eigenvalue weighted by Gasteiger charge is 2.09. The Hall–Kier alpha value is -1.50.